The fourth-order valence-corrected chi connectivity index (χ4v) is 13.8. The molecule has 0 aromatic carbocycles. The van der Waals surface area contributed by atoms with E-state index in [0.29, 0.717) is 6.42 Å². The van der Waals surface area contributed by atoms with E-state index in [-0.39, 0.29) is 12.5 Å². The Hall–Kier alpha value is -1.85. The number of ether oxygens (including phenoxy) is 2. The van der Waals surface area contributed by atoms with Crippen molar-refractivity contribution in [3.63, 3.8) is 0 Å². The summed E-state index contributed by atoms with van der Waals surface area (Å²) in [5, 5.41) is 54.9. The van der Waals surface area contributed by atoms with Crippen molar-refractivity contribution in [1.29, 1.82) is 0 Å². The summed E-state index contributed by atoms with van der Waals surface area (Å²) in [5.41, 5.74) is 0. The summed E-state index contributed by atoms with van der Waals surface area (Å²) in [7, 11) is 0. The summed E-state index contributed by atoms with van der Waals surface area (Å²) >= 11 is 0. The molecule has 0 aromatic heterocycles. The van der Waals surface area contributed by atoms with E-state index >= 15 is 0 Å². The van der Waals surface area contributed by atoms with Crippen LogP contribution < -0.4 is 5.32 Å². The van der Waals surface area contributed by atoms with Crippen LogP contribution in [0.5, 0.6) is 0 Å². The molecule has 1 heterocycles. The van der Waals surface area contributed by atoms with Gasteiger partial charge in [-0.05, 0) is 64.2 Å². The van der Waals surface area contributed by atoms with Gasteiger partial charge in [0.15, 0.2) is 6.29 Å². The minimum atomic E-state index is -1.57. The Bertz CT molecular complexity index is 1650. The average Bonchev–Trinajstić information content (AvgIpc) is 0.836. The van der Waals surface area contributed by atoms with Crippen molar-refractivity contribution in [2.24, 2.45) is 0 Å². The minimum Gasteiger partial charge on any atom is -0.394 e. The lowest BCUT2D eigenvalue weighted by Gasteiger charge is -2.40. The Morgan fingerprint density at radius 3 is 0.947 bits per heavy atom. The summed E-state index contributed by atoms with van der Waals surface area (Å²) < 4.78 is 11.3. The van der Waals surface area contributed by atoms with Crippen LogP contribution in [-0.2, 0) is 14.3 Å². The summed E-state index contributed by atoms with van der Waals surface area (Å²) in [5.74, 6) is -0.177. The van der Waals surface area contributed by atoms with Crippen LogP contribution in [0, 0.1) is 0 Å². The fourth-order valence-electron chi connectivity index (χ4n) is 13.8. The number of carbonyl (C=O) groups is 1. The predicted octanol–water partition coefficient (Wildman–Crippen LogP) is 24.7. The van der Waals surface area contributed by atoms with Gasteiger partial charge in [0, 0.05) is 6.42 Å². The molecule has 0 spiro atoms. The minimum absolute atomic E-state index is 0.177. The van der Waals surface area contributed by atoms with E-state index < -0.39 is 49.5 Å². The number of aliphatic hydroxyl groups is 5. The second-order valence-electron chi connectivity index (χ2n) is 29.6. The molecule has 1 rings (SSSR count). The Morgan fingerprint density at radius 2 is 0.632 bits per heavy atom. The quantitative estimate of drug-likeness (QED) is 0.0261. The van der Waals surface area contributed by atoms with Gasteiger partial charge in [-0.1, -0.05) is 416 Å². The molecule has 6 N–H and O–H groups in total. The molecule has 1 amide bonds. The maximum Gasteiger partial charge on any atom is 0.220 e. The fraction of sp³-hybridized carbons (Fsp3) is 0.895. The average molecular weight is 1340 g/mol. The molecule has 0 saturated carbocycles. The number of hydrogen-bond acceptors (Lipinski definition) is 8. The first-order valence-corrected chi connectivity index (χ1v) is 42.4. The molecule has 0 radical (unpaired) electrons. The first kappa shape index (κ1) is 91.2. The van der Waals surface area contributed by atoms with Gasteiger partial charge in [0.05, 0.1) is 25.4 Å². The Kier molecular flexibility index (Phi) is 71.8. The van der Waals surface area contributed by atoms with E-state index in [4.69, 9.17) is 9.47 Å². The van der Waals surface area contributed by atoms with E-state index in [9.17, 15) is 30.3 Å². The Labute approximate surface area is 590 Å². The smallest absolute Gasteiger partial charge is 0.220 e. The van der Waals surface area contributed by atoms with Crippen molar-refractivity contribution in [3.8, 4) is 0 Å². The van der Waals surface area contributed by atoms with Gasteiger partial charge in [0.2, 0.25) is 5.91 Å². The third kappa shape index (κ3) is 62.9. The highest BCUT2D eigenvalue weighted by molar-refractivity contribution is 5.76. The first-order chi connectivity index (χ1) is 46.8. The molecule has 9 nitrogen and oxygen atoms in total. The third-order valence-corrected chi connectivity index (χ3v) is 20.4. The third-order valence-electron chi connectivity index (χ3n) is 20.4. The van der Waals surface area contributed by atoms with Crippen molar-refractivity contribution in [3.05, 3.63) is 48.6 Å². The lowest BCUT2D eigenvalue weighted by Crippen LogP contribution is -2.60. The van der Waals surface area contributed by atoms with Crippen LogP contribution in [0.1, 0.15) is 438 Å². The summed E-state index contributed by atoms with van der Waals surface area (Å²) in [6, 6.07) is -0.823. The zero-order valence-corrected chi connectivity index (χ0v) is 63.2. The van der Waals surface area contributed by atoms with E-state index in [0.717, 1.165) is 44.9 Å². The molecule has 1 aliphatic heterocycles. The Balaban J connectivity index is 2.05. The standard InChI is InChI=1S/C86H163NO8/c1-3-5-7-9-11-13-15-17-19-21-23-25-27-29-31-33-35-37-38-39-40-41-42-44-46-48-50-52-54-56-58-60-62-64-66-68-70-72-74-76-82(90)87-79(78-94-86-85(93)84(92)83(91)81(77-88)95-86)80(89)75-73-71-69-67-65-63-61-59-57-55-53-51-49-47-45-43-36-34-32-30-28-26-24-22-20-18-16-14-12-10-8-6-4-2/h15,17,21,23,65,67,73,75,79-81,83-86,88-89,91-93H,3-14,16,18-20,22,24-64,66,68-72,74,76-78H2,1-2H3,(H,87,90)/b17-15-,23-21-,67-65+,75-73+. The summed E-state index contributed by atoms with van der Waals surface area (Å²) in [4.78, 5) is 13.2. The molecule has 0 aliphatic carbocycles. The topological polar surface area (TPSA) is 149 Å². The van der Waals surface area contributed by atoms with Crippen LogP contribution in [0.4, 0.5) is 0 Å². The van der Waals surface area contributed by atoms with Crippen LogP contribution in [0.25, 0.3) is 0 Å². The molecule has 95 heavy (non-hydrogen) atoms. The molecular weight excluding hydrogens is 1170 g/mol. The number of hydrogen-bond donors (Lipinski definition) is 6. The van der Waals surface area contributed by atoms with Crippen molar-refractivity contribution >= 4 is 5.91 Å². The number of amides is 1. The van der Waals surface area contributed by atoms with Gasteiger partial charge in [-0.15, -0.1) is 0 Å². The van der Waals surface area contributed by atoms with Crippen LogP contribution in [-0.4, -0.2) is 87.5 Å². The van der Waals surface area contributed by atoms with Crippen molar-refractivity contribution in [1.82, 2.24) is 5.32 Å². The van der Waals surface area contributed by atoms with Gasteiger partial charge in [-0.3, -0.25) is 4.79 Å². The van der Waals surface area contributed by atoms with Crippen molar-refractivity contribution < 1.29 is 39.8 Å². The first-order valence-electron chi connectivity index (χ1n) is 42.4. The van der Waals surface area contributed by atoms with Crippen LogP contribution >= 0.6 is 0 Å². The zero-order chi connectivity index (χ0) is 68.5. The molecule has 1 aliphatic rings. The van der Waals surface area contributed by atoms with Gasteiger partial charge in [-0.25, -0.2) is 0 Å². The van der Waals surface area contributed by atoms with E-state index in [2.05, 4.69) is 55.6 Å². The lowest BCUT2D eigenvalue weighted by molar-refractivity contribution is -0.302. The van der Waals surface area contributed by atoms with E-state index in [1.165, 1.54) is 372 Å². The van der Waals surface area contributed by atoms with Crippen molar-refractivity contribution in [2.45, 2.75) is 480 Å². The van der Waals surface area contributed by atoms with Crippen LogP contribution in [0.2, 0.25) is 0 Å². The van der Waals surface area contributed by atoms with Crippen LogP contribution in [0.3, 0.4) is 0 Å². The molecule has 0 aromatic rings. The normalized spacial score (nSPS) is 17.7. The second kappa shape index (κ2) is 74.8. The number of unbranched alkanes of at least 4 members (excludes halogenated alkanes) is 60. The number of rotatable bonds is 76. The van der Waals surface area contributed by atoms with E-state index in [1.807, 2.05) is 6.08 Å². The maximum atomic E-state index is 13.2. The number of aliphatic hydroxyl groups excluding tert-OH is 5. The monoisotopic (exact) mass is 1340 g/mol. The molecule has 1 saturated heterocycles. The molecule has 1 fully saturated rings. The maximum absolute atomic E-state index is 13.2. The highest BCUT2D eigenvalue weighted by Crippen LogP contribution is 2.24. The summed E-state index contributed by atoms with van der Waals surface area (Å²) in [6.07, 6.45) is 97.2. The molecular formula is C86H163NO8. The largest absolute Gasteiger partial charge is 0.394 e. The van der Waals surface area contributed by atoms with Gasteiger partial charge in [0.1, 0.15) is 24.4 Å². The summed E-state index contributed by atoms with van der Waals surface area (Å²) in [6.45, 7) is 3.82. The highest BCUT2D eigenvalue weighted by atomic mass is 16.7. The number of allylic oxidation sites excluding steroid dienone is 7. The SMILES string of the molecule is CCCCCCC/C=C\C/C=C\CCCCCCCCCCCCCCCCCCCCCCCCCCCCCC(=O)NC(COC1OC(CO)C(O)C(O)C1O)C(O)/C=C/CC/C=C/CCCCCCCCCCCCCCCCCCCCCCCCCCCCC. The van der Waals surface area contributed by atoms with E-state index in [1.54, 1.807) is 6.08 Å². The second-order valence-corrected chi connectivity index (χ2v) is 29.6. The van der Waals surface area contributed by atoms with Gasteiger partial charge >= 0.3 is 0 Å². The number of carbonyl (C=O) groups excluding carboxylic acids is 1. The molecule has 7 atom stereocenters. The predicted molar refractivity (Wildman–Crippen MR) is 410 cm³/mol. The van der Waals surface area contributed by atoms with Gasteiger partial charge < -0.3 is 40.3 Å². The molecule has 0 bridgehead atoms. The molecule has 9 heteroatoms. The van der Waals surface area contributed by atoms with Gasteiger partial charge in [0.25, 0.3) is 0 Å². The lowest BCUT2D eigenvalue weighted by atomic mass is 9.99. The molecule has 7 unspecified atom stereocenters. The number of nitrogens with one attached hydrogen (secondary N) is 1. The van der Waals surface area contributed by atoms with Gasteiger partial charge in [-0.2, -0.15) is 0 Å². The zero-order valence-electron chi connectivity index (χ0n) is 63.2. The van der Waals surface area contributed by atoms with Crippen molar-refractivity contribution in [2.75, 3.05) is 13.2 Å². The highest BCUT2D eigenvalue weighted by Gasteiger charge is 2.44. The van der Waals surface area contributed by atoms with Crippen LogP contribution in [0.15, 0.2) is 48.6 Å². The molecule has 560 valence electrons. The Morgan fingerprint density at radius 1 is 0.358 bits per heavy atom.